The number of thioether (sulfide) groups is 1. The van der Waals surface area contributed by atoms with Crippen molar-refractivity contribution in [2.75, 3.05) is 127 Å². The molecule has 0 radical (unpaired) electrons. The highest BCUT2D eigenvalue weighted by molar-refractivity contribution is 8.00. The summed E-state index contributed by atoms with van der Waals surface area (Å²) in [5.41, 5.74) is 11.1. The average molecular weight is 2080 g/mol. The molecule has 12 aromatic carbocycles. The number of aromatic nitrogens is 8. The number of benzene rings is 12. The second-order valence-electron chi connectivity index (χ2n) is 35.5. The summed E-state index contributed by atoms with van der Waals surface area (Å²) < 4.78 is 5.52. The van der Waals surface area contributed by atoms with Gasteiger partial charge in [0.25, 0.3) is 0 Å². The normalized spacial score (nSPS) is 13.5. The number of aliphatic hydroxyl groups excluding tert-OH is 6. The Balaban J connectivity index is 0.000000141. The van der Waals surface area contributed by atoms with Crippen LogP contribution in [0.3, 0.4) is 0 Å². The van der Waals surface area contributed by atoms with Crippen molar-refractivity contribution < 1.29 is 45.0 Å². The highest BCUT2D eigenvalue weighted by Gasteiger charge is 2.34. The molecule has 0 atom stereocenters. The van der Waals surface area contributed by atoms with Crippen molar-refractivity contribution in [1.82, 2.24) is 60.3 Å². The molecule has 0 unspecified atom stereocenters. The van der Waals surface area contributed by atoms with Gasteiger partial charge in [-0.25, -0.2) is 29.5 Å². The van der Waals surface area contributed by atoms with Gasteiger partial charge in [-0.1, -0.05) is 248 Å². The maximum Gasteiger partial charge on any atom is 0.317 e. The fraction of sp³-hybridized carbons (Fsp3) is 0.281. The lowest BCUT2D eigenvalue weighted by atomic mass is 9.91. The Kier molecular flexibility index (Phi) is 40.1. The van der Waals surface area contributed by atoms with Gasteiger partial charge >= 0.3 is 12.1 Å². The lowest BCUT2D eigenvalue weighted by molar-refractivity contribution is 0.0379. The van der Waals surface area contributed by atoms with Crippen molar-refractivity contribution in [3.63, 3.8) is 0 Å². The number of anilines is 8. The Morgan fingerprint density at radius 3 is 0.959 bits per heavy atom. The number of carbonyl (C=O) groups is 2. The van der Waals surface area contributed by atoms with Crippen LogP contribution in [0.1, 0.15) is 96.4 Å². The number of aliphatic hydroxyl groups is 6. The van der Waals surface area contributed by atoms with Crippen LogP contribution in [0.5, 0.6) is 0 Å². The first-order valence-electron chi connectivity index (χ1n) is 50.0. The van der Waals surface area contributed by atoms with Gasteiger partial charge in [0.1, 0.15) is 23.3 Å². The number of fused-ring (bicyclic) bond motifs is 4. The second kappa shape index (κ2) is 55.4. The fourth-order valence-electron chi connectivity index (χ4n) is 17.3. The van der Waals surface area contributed by atoms with Crippen LogP contribution in [0.2, 0.25) is 0 Å². The van der Waals surface area contributed by atoms with E-state index in [1.54, 1.807) is 65.9 Å². The third kappa shape index (κ3) is 29.7. The van der Waals surface area contributed by atoms with Gasteiger partial charge < -0.3 is 98.3 Å². The van der Waals surface area contributed by atoms with E-state index in [1.807, 2.05) is 252 Å². The molecule has 0 aliphatic carbocycles. The van der Waals surface area contributed by atoms with Gasteiger partial charge in [-0.15, -0.1) is 0 Å². The molecule has 34 heteroatoms. The molecule has 3 aliphatic heterocycles. The van der Waals surface area contributed by atoms with Crippen molar-refractivity contribution in [3.05, 3.63) is 336 Å². The molecular formula is C114H126N20O9S5. The van der Waals surface area contributed by atoms with E-state index in [4.69, 9.17) is 49.7 Å². The molecule has 3 fully saturated rings. The summed E-state index contributed by atoms with van der Waals surface area (Å²) >= 11 is 8.29. The minimum absolute atomic E-state index is 0.00571. The first kappa shape index (κ1) is 107. The standard InChI is InChI=1S/C31H36N6O2S.C29H32N6O2S.C28H30N4O3S.C26H28N4O2S2/c1-2-17-32-31(39)37-18-15-24(16-19-37)34-29-25-11-5-6-12-26(25)35-30(36-29)33-20-22-9-3-7-13-27(22)40-28-14-8-4-10-23(28)21-38;1-30-29(37)35-16-14-22(15-17-35)32-27-23-10-4-5-11-24(23)33-28(34-27)31-18-20-8-2-6-12-25(20)38-26-13-7-3-9-21(26)19-36;33-18-21-8-2-6-12-25(21)36-24-11-5-1-7-20(24)17-29-27-30-23-10-4-3-9-22(23)26(31-27)32-28(19-34)13-15-35-16-14-28;31-14-16-33-15-13-27-25-21-9-3-4-10-22(21)29-26(30-25)28-17-19-7-1-5-11-23(19)34-24-12-6-2-8-20(24)18-32/h3-14,24,38H,2,15-21H2,1H3,(H,32,39)(H2,33,34,35,36);2-13,22,36H,14-19H2,1H3,(H,30,37)(H2,31,32,33,34);1-12,33-34H,13-19H2,(H2,29,30,31,32);1-12,31-32H,13-18H2,(H2,27,28,29,30). The molecule has 4 aromatic heterocycles. The van der Waals surface area contributed by atoms with Crippen LogP contribution in [0, 0.1) is 0 Å². The summed E-state index contributed by atoms with van der Waals surface area (Å²) in [4.78, 5) is 75.0. The minimum atomic E-state index is -0.462. The van der Waals surface area contributed by atoms with E-state index in [0.29, 0.717) is 101 Å². The summed E-state index contributed by atoms with van der Waals surface area (Å²) in [5.74, 6) is 6.96. The lowest BCUT2D eigenvalue weighted by Gasteiger charge is -2.37. The number of amides is 4. The highest BCUT2D eigenvalue weighted by atomic mass is 32.2. The molecule has 3 saturated heterocycles. The van der Waals surface area contributed by atoms with Crippen LogP contribution in [0.4, 0.5) is 56.7 Å². The van der Waals surface area contributed by atoms with Crippen LogP contribution in [0.15, 0.2) is 330 Å². The average Bonchev–Trinajstić information content (AvgIpc) is 0.792. The number of urea groups is 2. The summed E-state index contributed by atoms with van der Waals surface area (Å²) in [5, 5.41) is 95.4. The van der Waals surface area contributed by atoms with Crippen molar-refractivity contribution in [2.24, 2.45) is 0 Å². The molecule has 16 N–H and O–H groups in total. The number of hydrogen-bond donors (Lipinski definition) is 16. The van der Waals surface area contributed by atoms with E-state index < -0.39 is 5.54 Å². The molecule has 0 bridgehead atoms. The number of piperidine rings is 2. The van der Waals surface area contributed by atoms with Crippen molar-refractivity contribution in [2.45, 2.75) is 161 Å². The number of likely N-dealkylation sites (tertiary alicyclic amines) is 2. The molecule has 7 heterocycles. The Hall–Kier alpha value is -13.6. The third-order valence-electron chi connectivity index (χ3n) is 25.4. The monoisotopic (exact) mass is 2080 g/mol. The van der Waals surface area contributed by atoms with E-state index in [2.05, 4.69) is 109 Å². The molecule has 766 valence electrons. The predicted molar refractivity (Wildman–Crippen MR) is 600 cm³/mol. The summed E-state index contributed by atoms with van der Waals surface area (Å²) in [6, 6.07) is 96.9. The van der Waals surface area contributed by atoms with Crippen LogP contribution >= 0.6 is 58.8 Å². The molecule has 4 amide bonds. The molecule has 148 heavy (non-hydrogen) atoms. The smallest absolute Gasteiger partial charge is 0.317 e. The zero-order chi connectivity index (χ0) is 102. The zero-order valence-corrected chi connectivity index (χ0v) is 87.0. The lowest BCUT2D eigenvalue weighted by Crippen LogP contribution is -2.47. The van der Waals surface area contributed by atoms with E-state index in [-0.39, 0.29) is 63.8 Å². The van der Waals surface area contributed by atoms with E-state index >= 15 is 0 Å². The Bertz CT molecular complexity index is 7050. The number of carbonyl (C=O) groups excluding carboxylic acids is 2. The first-order chi connectivity index (χ1) is 72.8. The van der Waals surface area contributed by atoms with Crippen molar-refractivity contribution in [3.8, 4) is 0 Å². The highest BCUT2D eigenvalue weighted by Crippen LogP contribution is 2.41. The second-order valence-corrected chi connectivity index (χ2v) is 41.1. The van der Waals surface area contributed by atoms with E-state index in [1.165, 1.54) is 0 Å². The Morgan fingerprint density at radius 1 is 0.345 bits per heavy atom. The minimum Gasteiger partial charge on any atom is -0.396 e. The van der Waals surface area contributed by atoms with Crippen molar-refractivity contribution >= 4 is 162 Å². The third-order valence-corrected chi connectivity index (χ3v) is 31.3. The summed E-state index contributed by atoms with van der Waals surface area (Å²) in [6.45, 7) is 10.1. The number of nitrogens with zero attached hydrogens (tertiary/aromatic N) is 10. The molecule has 3 aliphatic rings. The van der Waals surface area contributed by atoms with Gasteiger partial charge in [0.05, 0.1) is 67.2 Å². The van der Waals surface area contributed by atoms with Crippen LogP contribution in [0.25, 0.3) is 43.6 Å². The maximum atomic E-state index is 12.3. The molecule has 19 rings (SSSR count). The van der Waals surface area contributed by atoms with Gasteiger partial charge in [0.15, 0.2) is 0 Å². The molecule has 16 aromatic rings. The van der Waals surface area contributed by atoms with Gasteiger partial charge in [-0.2, -0.15) is 31.7 Å². The summed E-state index contributed by atoms with van der Waals surface area (Å²) in [7, 11) is 1.67. The quantitative estimate of drug-likeness (QED) is 0.0159. The number of rotatable bonds is 39. The fourth-order valence-corrected chi connectivity index (χ4v) is 22.1. The number of hydrogen-bond acceptors (Lipinski definition) is 30. The number of nitrogens with one attached hydrogen (secondary N) is 10. The van der Waals surface area contributed by atoms with Crippen LogP contribution in [-0.4, -0.2) is 194 Å². The number of para-hydroxylation sites is 4. The predicted octanol–water partition coefficient (Wildman–Crippen LogP) is 20.8. The van der Waals surface area contributed by atoms with Gasteiger partial charge in [0.2, 0.25) is 23.8 Å². The van der Waals surface area contributed by atoms with E-state index in [0.717, 1.165) is 208 Å². The van der Waals surface area contributed by atoms with Crippen molar-refractivity contribution in [1.29, 1.82) is 0 Å². The SMILES string of the molecule is CCCNC(=O)N1CCC(Nc2nc(NCc3ccccc3Sc3ccccc3CO)nc3ccccc23)CC1.CNC(=O)N1CCC(Nc2nc(NCc3ccccc3Sc3ccccc3CO)nc3ccccc23)CC1.OCCSCCNc1nc(NCc2ccccc2Sc2ccccc2CO)nc2ccccc12.OCc1ccccc1Sc1ccccc1CNc1nc(NC2(CO)CCOCC2)c2ccccc2n1. The van der Waals surface area contributed by atoms with E-state index in [9.17, 15) is 35.1 Å². The largest absolute Gasteiger partial charge is 0.396 e. The summed E-state index contributed by atoms with van der Waals surface area (Å²) in [6.07, 6.45) is 5.79. The zero-order valence-electron chi connectivity index (χ0n) is 82.9. The first-order valence-corrected chi connectivity index (χ1v) is 54.4. The van der Waals surface area contributed by atoms with Crippen LogP contribution in [-0.2, 0) is 57.3 Å². The van der Waals surface area contributed by atoms with Gasteiger partial charge in [0, 0.05) is 170 Å². The topological polar surface area (TPSA) is 395 Å². The van der Waals surface area contributed by atoms with Gasteiger partial charge in [-0.3, -0.25) is 0 Å². The molecular weight excluding hydrogens is 1950 g/mol. The molecule has 29 nitrogen and oxygen atoms in total. The molecule has 0 spiro atoms. The number of ether oxygens (including phenoxy) is 1. The maximum absolute atomic E-state index is 12.3. The Labute approximate surface area is 884 Å². The molecule has 0 saturated carbocycles. The van der Waals surface area contributed by atoms with Crippen LogP contribution < -0.4 is 53.2 Å². The van der Waals surface area contributed by atoms with Gasteiger partial charge in [-0.05, 0) is 187 Å². The Morgan fingerprint density at radius 2 is 0.635 bits per heavy atom.